The molecular weight excluding hydrogens is 388 g/mol. The number of rotatable bonds is 2. The number of benzene rings is 3. The smallest absolute Gasteiger partial charge is 0.163 e. The number of amidine groups is 1. The molecule has 31 heavy (non-hydrogen) atoms. The van der Waals surface area contributed by atoms with Crippen molar-refractivity contribution in [2.24, 2.45) is 4.99 Å². The lowest BCUT2D eigenvalue weighted by atomic mass is 10.00. The molecule has 3 aromatic carbocycles. The van der Waals surface area contributed by atoms with E-state index in [9.17, 15) is 0 Å². The van der Waals surface area contributed by atoms with Gasteiger partial charge in [-0.2, -0.15) is 0 Å². The Morgan fingerprint density at radius 3 is 2.61 bits per heavy atom. The van der Waals surface area contributed by atoms with Crippen molar-refractivity contribution < 1.29 is 9.47 Å². The summed E-state index contributed by atoms with van der Waals surface area (Å²) in [6.45, 7) is 1.71. The second-order valence-electron chi connectivity index (χ2n) is 7.67. The van der Waals surface area contributed by atoms with E-state index < -0.39 is 0 Å². The summed E-state index contributed by atoms with van der Waals surface area (Å²) in [5.74, 6) is 2.37. The maximum absolute atomic E-state index is 5.71. The summed E-state index contributed by atoms with van der Waals surface area (Å²) in [4.78, 5) is 7.11. The molecule has 0 bridgehead atoms. The molecule has 0 fully saturated rings. The topological polar surface area (TPSA) is 58.1 Å². The standard InChI is InChI=1S/C25H22N4O2/c1-2-6-17(7-3-1)25-28-20-9-5-4-8-19(20)21-15-24(26-16-29(21)25)27-18-10-11-22-23(14-18)31-13-12-30-22/h1-11,14-15,25,28H,12-13,16H2,(H,26,27). The van der Waals surface area contributed by atoms with Gasteiger partial charge in [0.25, 0.3) is 0 Å². The molecule has 0 radical (unpaired) electrons. The first-order valence-electron chi connectivity index (χ1n) is 10.5. The molecule has 3 aromatic rings. The molecule has 0 saturated heterocycles. The van der Waals surface area contributed by atoms with Gasteiger partial charge < -0.3 is 25.0 Å². The number of ether oxygens (including phenoxy) is 2. The van der Waals surface area contributed by atoms with Crippen LogP contribution in [0.1, 0.15) is 17.3 Å². The zero-order valence-corrected chi connectivity index (χ0v) is 16.9. The van der Waals surface area contributed by atoms with Crippen molar-refractivity contribution in [1.29, 1.82) is 0 Å². The zero-order valence-electron chi connectivity index (χ0n) is 16.9. The Labute approximate surface area is 180 Å². The number of nitrogens with zero attached hydrogens (tertiary/aromatic N) is 2. The average Bonchev–Trinajstić information content (AvgIpc) is 2.84. The number of fused-ring (bicyclic) bond motifs is 4. The van der Waals surface area contributed by atoms with E-state index in [0.29, 0.717) is 19.9 Å². The lowest BCUT2D eigenvalue weighted by Gasteiger charge is -2.42. The molecule has 154 valence electrons. The first-order chi connectivity index (χ1) is 15.3. The van der Waals surface area contributed by atoms with Crippen LogP contribution in [0.5, 0.6) is 11.5 Å². The second-order valence-corrected chi connectivity index (χ2v) is 7.67. The van der Waals surface area contributed by atoms with Crippen molar-refractivity contribution in [1.82, 2.24) is 4.90 Å². The quantitative estimate of drug-likeness (QED) is 0.641. The van der Waals surface area contributed by atoms with Crippen LogP contribution in [-0.4, -0.2) is 30.6 Å². The molecule has 2 N–H and O–H groups in total. The molecule has 0 saturated carbocycles. The van der Waals surface area contributed by atoms with Crippen molar-refractivity contribution in [3.8, 4) is 11.5 Å². The molecule has 6 rings (SSSR count). The predicted octanol–water partition coefficient (Wildman–Crippen LogP) is 4.71. The van der Waals surface area contributed by atoms with E-state index >= 15 is 0 Å². The van der Waals surface area contributed by atoms with Crippen molar-refractivity contribution >= 4 is 22.9 Å². The summed E-state index contributed by atoms with van der Waals surface area (Å²) in [5, 5.41) is 7.12. The molecule has 0 aromatic heterocycles. The summed E-state index contributed by atoms with van der Waals surface area (Å²) in [5.41, 5.74) is 5.58. The van der Waals surface area contributed by atoms with Gasteiger partial charge in [-0.05, 0) is 23.8 Å². The van der Waals surface area contributed by atoms with Crippen LogP contribution in [0.15, 0.2) is 83.9 Å². The van der Waals surface area contributed by atoms with E-state index in [1.807, 2.05) is 24.3 Å². The van der Waals surface area contributed by atoms with Crippen LogP contribution < -0.4 is 20.1 Å². The third-order valence-electron chi connectivity index (χ3n) is 5.71. The van der Waals surface area contributed by atoms with Gasteiger partial charge in [0.1, 0.15) is 31.9 Å². The van der Waals surface area contributed by atoms with Crippen molar-refractivity contribution in [3.05, 3.63) is 90.0 Å². The van der Waals surface area contributed by atoms with Crippen molar-refractivity contribution in [2.45, 2.75) is 6.17 Å². The molecule has 6 heteroatoms. The molecular formula is C25H22N4O2. The Morgan fingerprint density at radius 2 is 1.71 bits per heavy atom. The summed E-state index contributed by atoms with van der Waals surface area (Å²) >= 11 is 0. The molecule has 0 aliphatic carbocycles. The van der Waals surface area contributed by atoms with Crippen molar-refractivity contribution in [3.63, 3.8) is 0 Å². The van der Waals surface area contributed by atoms with Crippen LogP contribution in [0.2, 0.25) is 0 Å². The fourth-order valence-electron chi connectivity index (χ4n) is 4.24. The minimum absolute atomic E-state index is 0.0296. The van der Waals surface area contributed by atoms with E-state index in [1.165, 1.54) is 11.1 Å². The van der Waals surface area contributed by atoms with E-state index in [4.69, 9.17) is 14.5 Å². The van der Waals surface area contributed by atoms with Gasteiger partial charge in [0, 0.05) is 29.1 Å². The van der Waals surface area contributed by atoms with E-state index in [-0.39, 0.29) is 6.17 Å². The minimum atomic E-state index is 0.0296. The van der Waals surface area contributed by atoms with Crippen LogP contribution in [0, 0.1) is 0 Å². The average molecular weight is 410 g/mol. The van der Waals surface area contributed by atoms with Crippen LogP contribution in [0.4, 0.5) is 11.4 Å². The Balaban J connectivity index is 1.34. The van der Waals surface area contributed by atoms with Gasteiger partial charge in [0.05, 0.1) is 5.70 Å². The zero-order chi connectivity index (χ0) is 20.6. The van der Waals surface area contributed by atoms with Gasteiger partial charge in [-0.3, -0.25) is 0 Å². The normalized spacial score (nSPS) is 18.7. The number of hydrogen-bond donors (Lipinski definition) is 2. The molecule has 0 spiro atoms. The van der Waals surface area contributed by atoms with E-state index in [1.54, 1.807) is 0 Å². The maximum atomic E-state index is 5.71. The highest BCUT2D eigenvalue weighted by molar-refractivity contribution is 6.09. The van der Waals surface area contributed by atoms with E-state index in [0.717, 1.165) is 34.4 Å². The van der Waals surface area contributed by atoms with Crippen LogP contribution in [0.25, 0.3) is 5.70 Å². The second kappa shape index (κ2) is 7.40. The number of hydrogen-bond acceptors (Lipinski definition) is 6. The Kier molecular flexibility index (Phi) is 4.27. The van der Waals surface area contributed by atoms with Gasteiger partial charge >= 0.3 is 0 Å². The Morgan fingerprint density at radius 1 is 0.903 bits per heavy atom. The minimum Gasteiger partial charge on any atom is -0.486 e. The number of nitrogens with one attached hydrogen (secondary N) is 2. The molecule has 3 heterocycles. The first-order valence-corrected chi connectivity index (χ1v) is 10.5. The number of anilines is 2. The highest BCUT2D eigenvalue weighted by atomic mass is 16.6. The largest absolute Gasteiger partial charge is 0.486 e. The lowest BCUT2D eigenvalue weighted by molar-refractivity contribution is 0.171. The van der Waals surface area contributed by atoms with Gasteiger partial charge in [0.2, 0.25) is 0 Å². The third kappa shape index (κ3) is 3.26. The SMILES string of the molecule is C1=C2c3ccccc3NC(c3ccccc3)N2CN=C1Nc1ccc2c(c1)OCCO2. The molecule has 3 aliphatic rings. The predicted molar refractivity (Wildman–Crippen MR) is 122 cm³/mol. The summed E-state index contributed by atoms with van der Waals surface area (Å²) < 4.78 is 11.3. The van der Waals surface area contributed by atoms with Crippen LogP contribution >= 0.6 is 0 Å². The van der Waals surface area contributed by atoms with Gasteiger partial charge in [-0.25, -0.2) is 4.99 Å². The summed E-state index contributed by atoms with van der Waals surface area (Å²) in [6, 6.07) is 24.8. The van der Waals surface area contributed by atoms with Gasteiger partial charge in [0.15, 0.2) is 11.5 Å². The fourth-order valence-corrected chi connectivity index (χ4v) is 4.24. The molecule has 1 unspecified atom stereocenters. The van der Waals surface area contributed by atoms with Gasteiger partial charge in [-0.1, -0.05) is 48.5 Å². The third-order valence-corrected chi connectivity index (χ3v) is 5.71. The Hall–Kier alpha value is -3.93. The molecule has 0 amide bonds. The first kappa shape index (κ1) is 17.9. The summed E-state index contributed by atoms with van der Waals surface area (Å²) in [6.07, 6.45) is 2.15. The number of aliphatic imine (C=N–C) groups is 1. The Bertz CT molecular complexity index is 1190. The molecule has 1 atom stereocenters. The molecule has 3 aliphatic heterocycles. The number of para-hydroxylation sites is 1. The lowest BCUT2D eigenvalue weighted by Crippen LogP contribution is -2.39. The maximum Gasteiger partial charge on any atom is 0.163 e. The van der Waals surface area contributed by atoms with Crippen LogP contribution in [0.3, 0.4) is 0 Å². The van der Waals surface area contributed by atoms with Crippen LogP contribution in [-0.2, 0) is 0 Å². The highest BCUT2D eigenvalue weighted by Crippen LogP contribution is 2.41. The monoisotopic (exact) mass is 410 g/mol. The van der Waals surface area contributed by atoms with Crippen molar-refractivity contribution in [2.75, 3.05) is 30.5 Å². The summed E-state index contributed by atoms with van der Waals surface area (Å²) in [7, 11) is 0. The highest BCUT2D eigenvalue weighted by Gasteiger charge is 2.31. The van der Waals surface area contributed by atoms with Gasteiger partial charge in [-0.15, -0.1) is 0 Å². The van der Waals surface area contributed by atoms with E-state index in [2.05, 4.69) is 70.1 Å². The molecule has 6 nitrogen and oxygen atoms in total. The fraction of sp³-hybridized carbons (Fsp3) is 0.160.